The standard InChI is InChI=1S/C16H14BrN3/c17-14-5-1-3-11(7-14)10-19-16-13(9-18)8-12-4-2-6-15(12)20-16/h1,3,5,7-8H,2,4,6,10H2,(H,19,20). The largest absolute Gasteiger partial charge is 0.365 e. The minimum absolute atomic E-state index is 0.639. The van der Waals surface area contributed by atoms with E-state index in [1.807, 2.05) is 18.2 Å². The highest BCUT2D eigenvalue weighted by Crippen LogP contribution is 2.25. The Bertz CT molecular complexity index is 689. The van der Waals surface area contributed by atoms with Crippen LogP contribution in [-0.4, -0.2) is 4.98 Å². The van der Waals surface area contributed by atoms with Gasteiger partial charge in [-0.15, -0.1) is 0 Å². The molecule has 0 saturated carbocycles. The summed E-state index contributed by atoms with van der Waals surface area (Å²) in [5.41, 5.74) is 4.17. The first kappa shape index (κ1) is 13.1. The summed E-state index contributed by atoms with van der Waals surface area (Å²) in [6, 6.07) is 12.3. The first-order valence-corrected chi connectivity index (χ1v) is 7.47. The van der Waals surface area contributed by atoms with E-state index >= 15 is 0 Å². The highest BCUT2D eigenvalue weighted by Gasteiger charge is 2.16. The van der Waals surface area contributed by atoms with Crippen molar-refractivity contribution in [2.45, 2.75) is 25.8 Å². The van der Waals surface area contributed by atoms with E-state index in [4.69, 9.17) is 0 Å². The van der Waals surface area contributed by atoms with Gasteiger partial charge in [0.15, 0.2) is 0 Å². The molecule has 3 nitrogen and oxygen atoms in total. The fourth-order valence-corrected chi connectivity index (χ4v) is 2.97. The molecule has 100 valence electrons. The van der Waals surface area contributed by atoms with Crippen LogP contribution in [-0.2, 0) is 19.4 Å². The van der Waals surface area contributed by atoms with Crippen LogP contribution >= 0.6 is 15.9 Å². The summed E-state index contributed by atoms with van der Waals surface area (Å²) >= 11 is 3.46. The highest BCUT2D eigenvalue weighted by molar-refractivity contribution is 9.10. The molecule has 0 spiro atoms. The maximum atomic E-state index is 9.25. The molecule has 20 heavy (non-hydrogen) atoms. The average Bonchev–Trinajstić information content (AvgIpc) is 2.91. The zero-order valence-electron chi connectivity index (χ0n) is 11.0. The van der Waals surface area contributed by atoms with Crippen LogP contribution in [0.4, 0.5) is 5.82 Å². The summed E-state index contributed by atoms with van der Waals surface area (Å²) in [4.78, 5) is 4.62. The number of fused-ring (bicyclic) bond motifs is 1. The van der Waals surface area contributed by atoms with Crippen LogP contribution in [0.1, 0.15) is 28.8 Å². The number of aromatic nitrogens is 1. The SMILES string of the molecule is N#Cc1cc2c(nc1NCc1cccc(Br)c1)CCC2. The van der Waals surface area contributed by atoms with Gasteiger partial charge in [0.05, 0.1) is 5.56 Å². The van der Waals surface area contributed by atoms with Gasteiger partial charge >= 0.3 is 0 Å². The van der Waals surface area contributed by atoms with Gasteiger partial charge < -0.3 is 5.32 Å². The van der Waals surface area contributed by atoms with Crippen LogP contribution < -0.4 is 5.32 Å². The summed E-state index contributed by atoms with van der Waals surface area (Å²) in [5.74, 6) is 0.702. The third-order valence-electron chi connectivity index (χ3n) is 3.52. The molecule has 1 aliphatic carbocycles. The van der Waals surface area contributed by atoms with Crippen LogP contribution in [0.5, 0.6) is 0 Å². The summed E-state index contributed by atoms with van der Waals surface area (Å²) in [6.07, 6.45) is 3.21. The Morgan fingerprint density at radius 3 is 3.00 bits per heavy atom. The van der Waals surface area contributed by atoms with Crippen molar-refractivity contribution >= 4 is 21.7 Å². The molecule has 0 bridgehead atoms. The molecule has 1 aliphatic rings. The molecule has 0 amide bonds. The molecule has 0 fully saturated rings. The minimum Gasteiger partial charge on any atom is -0.365 e. The van der Waals surface area contributed by atoms with E-state index in [9.17, 15) is 5.26 Å². The highest BCUT2D eigenvalue weighted by atomic mass is 79.9. The molecule has 2 aromatic rings. The van der Waals surface area contributed by atoms with Crippen LogP contribution in [0.25, 0.3) is 0 Å². The number of aryl methyl sites for hydroxylation is 2. The molecule has 1 aromatic carbocycles. The Kier molecular flexibility index (Phi) is 3.70. The molecule has 0 atom stereocenters. The van der Waals surface area contributed by atoms with Crippen molar-refractivity contribution in [1.82, 2.24) is 4.98 Å². The lowest BCUT2D eigenvalue weighted by Gasteiger charge is -2.10. The Balaban J connectivity index is 1.82. The lowest BCUT2D eigenvalue weighted by molar-refractivity contribution is 0.899. The number of halogens is 1. The van der Waals surface area contributed by atoms with E-state index in [1.165, 1.54) is 5.56 Å². The second-order valence-corrected chi connectivity index (χ2v) is 5.85. The molecule has 0 saturated heterocycles. The molecule has 1 aromatic heterocycles. The first-order valence-electron chi connectivity index (χ1n) is 6.67. The fourth-order valence-electron chi connectivity index (χ4n) is 2.52. The zero-order chi connectivity index (χ0) is 13.9. The number of rotatable bonds is 3. The summed E-state index contributed by atoms with van der Waals surface area (Å²) in [5, 5.41) is 12.5. The number of hydrogen-bond donors (Lipinski definition) is 1. The van der Waals surface area contributed by atoms with Gasteiger partial charge in [0.25, 0.3) is 0 Å². The maximum absolute atomic E-state index is 9.25. The van der Waals surface area contributed by atoms with Crippen LogP contribution in [0.15, 0.2) is 34.8 Å². The quantitative estimate of drug-likeness (QED) is 0.932. The van der Waals surface area contributed by atoms with Crippen LogP contribution in [0, 0.1) is 11.3 Å². The van der Waals surface area contributed by atoms with Crippen molar-refractivity contribution in [1.29, 1.82) is 5.26 Å². The average molecular weight is 328 g/mol. The molecule has 0 unspecified atom stereocenters. The number of hydrogen-bond acceptors (Lipinski definition) is 3. The Hall–Kier alpha value is -1.86. The number of benzene rings is 1. The van der Waals surface area contributed by atoms with Crippen molar-refractivity contribution in [2.24, 2.45) is 0 Å². The van der Waals surface area contributed by atoms with E-state index in [1.54, 1.807) is 0 Å². The van der Waals surface area contributed by atoms with E-state index in [2.05, 4.69) is 44.4 Å². The van der Waals surface area contributed by atoms with Gasteiger partial charge in [-0.25, -0.2) is 4.98 Å². The van der Waals surface area contributed by atoms with Crippen LogP contribution in [0.2, 0.25) is 0 Å². The van der Waals surface area contributed by atoms with Gasteiger partial charge in [-0.05, 0) is 48.6 Å². The van der Waals surface area contributed by atoms with Gasteiger partial charge in [0.2, 0.25) is 0 Å². The molecule has 0 aliphatic heterocycles. The lowest BCUT2D eigenvalue weighted by atomic mass is 10.1. The van der Waals surface area contributed by atoms with Gasteiger partial charge in [-0.3, -0.25) is 0 Å². The molecule has 1 heterocycles. The minimum atomic E-state index is 0.639. The first-order chi connectivity index (χ1) is 9.76. The van der Waals surface area contributed by atoms with E-state index in [-0.39, 0.29) is 0 Å². The van der Waals surface area contributed by atoms with Gasteiger partial charge in [0.1, 0.15) is 11.9 Å². The number of nitrogens with one attached hydrogen (secondary N) is 1. The van der Waals surface area contributed by atoms with Crippen molar-refractivity contribution in [3.05, 3.63) is 57.2 Å². The molecule has 0 radical (unpaired) electrons. The van der Waals surface area contributed by atoms with Crippen LogP contribution in [0.3, 0.4) is 0 Å². The van der Waals surface area contributed by atoms with Crippen molar-refractivity contribution < 1.29 is 0 Å². The number of anilines is 1. The Labute approximate surface area is 126 Å². The predicted octanol–water partition coefficient (Wildman–Crippen LogP) is 3.82. The summed E-state index contributed by atoms with van der Waals surface area (Å²) in [6.45, 7) is 0.667. The Morgan fingerprint density at radius 2 is 2.20 bits per heavy atom. The van der Waals surface area contributed by atoms with Gasteiger partial charge in [-0.2, -0.15) is 5.26 Å². The third-order valence-corrected chi connectivity index (χ3v) is 4.01. The maximum Gasteiger partial charge on any atom is 0.144 e. The number of pyridine rings is 1. The molecule has 4 heteroatoms. The van der Waals surface area contributed by atoms with E-state index < -0.39 is 0 Å². The van der Waals surface area contributed by atoms with E-state index in [0.29, 0.717) is 17.9 Å². The van der Waals surface area contributed by atoms with Crippen molar-refractivity contribution in [3.8, 4) is 6.07 Å². The van der Waals surface area contributed by atoms with Gasteiger partial charge in [-0.1, -0.05) is 28.1 Å². The smallest absolute Gasteiger partial charge is 0.144 e. The topological polar surface area (TPSA) is 48.7 Å². The van der Waals surface area contributed by atoms with Crippen molar-refractivity contribution in [2.75, 3.05) is 5.32 Å². The molecular formula is C16H14BrN3. The number of nitriles is 1. The molecule has 3 rings (SSSR count). The third kappa shape index (κ3) is 2.68. The monoisotopic (exact) mass is 327 g/mol. The zero-order valence-corrected chi connectivity index (χ0v) is 12.6. The fraction of sp³-hybridized carbons (Fsp3) is 0.250. The normalized spacial score (nSPS) is 12.8. The second kappa shape index (κ2) is 5.64. The summed E-state index contributed by atoms with van der Waals surface area (Å²) in [7, 11) is 0. The van der Waals surface area contributed by atoms with E-state index in [0.717, 1.165) is 35.0 Å². The number of nitrogens with zero attached hydrogens (tertiary/aromatic N) is 2. The Morgan fingerprint density at radius 1 is 1.30 bits per heavy atom. The predicted molar refractivity (Wildman–Crippen MR) is 82.4 cm³/mol. The van der Waals surface area contributed by atoms with Crippen molar-refractivity contribution in [3.63, 3.8) is 0 Å². The van der Waals surface area contributed by atoms with Gasteiger partial charge in [0, 0.05) is 16.7 Å². The second-order valence-electron chi connectivity index (χ2n) is 4.94. The molecule has 1 N–H and O–H groups in total. The summed E-state index contributed by atoms with van der Waals surface area (Å²) < 4.78 is 1.05. The molecular weight excluding hydrogens is 314 g/mol. The lowest BCUT2D eigenvalue weighted by Crippen LogP contribution is -2.05.